The second-order valence-corrected chi connectivity index (χ2v) is 14.8. The average Bonchev–Trinajstić information content (AvgIpc) is 3.06. The van der Waals surface area contributed by atoms with Gasteiger partial charge >= 0.3 is 0 Å². The lowest BCUT2D eigenvalue weighted by atomic mass is 10.0. The Hall–Kier alpha value is -0.610. The van der Waals surface area contributed by atoms with Crippen LogP contribution >= 0.6 is 0 Å². The number of aliphatic hydroxyl groups is 2. The van der Waals surface area contributed by atoms with E-state index < -0.39 is 12.1 Å². The van der Waals surface area contributed by atoms with E-state index in [2.05, 4.69) is 19.2 Å². The van der Waals surface area contributed by atoms with Gasteiger partial charge in [-0.1, -0.05) is 226 Å². The molecular weight excluding hydrogens is 566 g/mol. The fraction of sp³-hybridized carbons (Fsp3) is 0.976. The molecule has 0 aliphatic carbocycles. The van der Waals surface area contributed by atoms with Crippen LogP contribution in [0.5, 0.6) is 0 Å². The molecule has 0 rings (SSSR count). The van der Waals surface area contributed by atoms with Crippen molar-refractivity contribution < 1.29 is 15.0 Å². The highest BCUT2D eigenvalue weighted by Gasteiger charge is 2.19. The quantitative estimate of drug-likeness (QED) is 0.0579. The predicted molar refractivity (Wildman–Crippen MR) is 203 cm³/mol. The molecule has 0 fully saturated rings. The summed E-state index contributed by atoms with van der Waals surface area (Å²) in [4.78, 5) is 12.1. The van der Waals surface area contributed by atoms with Gasteiger partial charge in [-0.25, -0.2) is 0 Å². The van der Waals surface area contributed by atoms with Crippen molar-refractivity contribution in [3.05, 3.63) is 0 Å². The Kier molecular flexibility index (Phi) is 38.3. The molecular formula is C42H85NO3. The van der Waals surface area contributed by atoms with Crippen molar-refractivity contribution in [2.45, 2.75) is 257 Å². The zero-order valence-corrected chi connectivity index (χ0v) is 31.6. The van der Waals surface area contributed by atoms with Crippen molar-refractivity contribution in [1.82, 2.24) is 5.32 Å². The van der Waals surface area contributed by atoms with Gasteiger partial charge in [0.05, 0.1) is 18.8 Å². The first-order valence-corrected chi connectivity index (χ1v) is 21.2. The highest BCUT2D eigenvalue weighted by atomic mass is 16.3. The molecule has 4 heteroatoms. The Morgan fingerprint density at radius 1 is 0.435 bits per heavy atom. The number of unbranched alkanes of at least 4 members (excludes halogenated alkanes) is 32. The van der Waals surface area contributed by atoms with Crippen LogP contribution in [-0.4, -0.2) is 34.9 Å². The van der Waals surface area contributed by atoms with Crippen molar-refractivity contribution in [3.8, 4) is 0 Å². The normalized spacial score (nSPS) is 12.9. The molecule has 0 heterocycles. The lowest BCUT2D eigenvalue weighted by Crippen LogP contribution is -2.45. The third kappa shape index (κ3) is 34.7. The van der Waals surface area contributed by atoms with Crippen LogP contribution in [0.15, 0.2) is 0 Å². The molecule has 0 bridgehead atoms. The summed E-state index contributed by atoms with van der Waals surface area (Å²) in [5.41, 5.74) is 0. The Morgan fingerprint density at radius 3 is 0.978 bits per heavy atom. The van der Waals surface area contributed by atoms with Gasteiger partial charge in [-0.05, 0) is 12.8 Å². The summed E-state index contributed by atoms with van der Waals surface area (Å²) in [6, 6.07) is -0.526. The molecule has 4 nitrogen and oxygen atoms in total. The zero-order valence-electron chi connectivity index (χ0n) is 31.6. The van der Waals surface area contributed by atoms with Crippen LogP contribution in [0.4, 0.5) is 0 Å². The first kappa shape index (κ1) is 45.4. The Bertz CT molecular complexity index is 583. The van der Waals surface area contributed by atoms with Crippen LogP contribution in [0.1, 0.15) is 245 Å². The number of hydrogen-bond acceptors (Lipinski definition) is 3. The van der Waals surface area contributed by atoms with Gasteiger partial charge in [-0.15, -0.1) is 0 Å². The van der Waals surface area contributed by atoms with Gasteiger partial charge in [0, 0.05) is 6.42 Å². The summed E-state index contributed by atoms with van der Waals surface area (Å²) >= 11 is 0. The van der Waals surface area contributed by atoms with Crippen LogP contribution < -0.4 is 5.32 Å². The molecule has 1 amide bonds. The Balaban J connectivity index is 3.28. The maximum Gasteiger partial charge on any atom is 0.220 e. The molecule has 3 N–H and O–H groups in total. The Morgan fingerprint density at radius 2 is 0.696 bits per heavy atom. The minimum Gasteiger partial charge on any atom is -0.394 e. The van der Waals surface area contributed by atoms with E-state index in [0.717, 1.165) is 38.5 Å². The maximum atomic E-state index is 12.1. The summed E-state index contributed by atoms with van der Waals surface area (Å²) in [7, 11) is 0. The minimum atomic E-state index is -0.650. The molecule has 0 saturated carbocycles. The fourth-order valence-corrected chi connectivity index (χ4v) is 6.83. The van der Waals surface area contributed by atoms with Crippen molar-refractivity contribution in [2.75, 3.05) is 6.61 Å². The molecule has 2 unspecified atom stereocenters. The highest BCUT2D eigenvalue weighted by molar-refractivity contribution is 5.76. The second kappa shape index (κ2) is 38.8. The van der Waals surface area contributed by atoms with Gasteiger partial charge < -0.3 is 15.5 Å². The first-order valence-electron chi connectivity index (χ1n) is 21.2. The number of carbonyl (C=O) groups is 1. The topological polar surface area (TPSA) is 69.6 Å². The average molecular weight is 652 g/mol. The second-order valence-electron chi connectivity index (χ2n) is 14.8. The van der Waals surface area contributed by atoms with E-state index in [1.165, 1.54) is 180 Å². The highest BCUT2D eigenvalue weighted by Crippen LogP contribution is 2.17. The SMILES string of the molecule is CCCCCCCCCCCCCCCCCCCCCCCCCCCCCCCCC(O)C(CO)NC(=O)CCCCCC. The smallest absolute Gasteiger partial charge is 0.220 e. The number of amides is 1. The van der Waals surface area contributed by atoms with Gasteiger partial charge in [0.25, 0.3) is 0 Å². The van der Waals surface area contributed by atoms with Crippen LogP contribution in [0.25, 0.3) is 0 Å². The summed E-state index contributed by atoms with van der Waals surface area (Å²) in [6.45, 7) is 4.26. The molecule has 0 radical (unpaired) electrons. The van der Waals surface area contributed by atoms with E-state index in [1.54, 1.807) is 0 Å². The largest absolute Gasteiger partial charge is 0.394 e. The lowest BCUT2D eigenvalue weighted by molar-refractivity contribution is -0.123. The molecule has 0 aromatic carbocycles. The summed E-state index contributed by atoms with van der Waals surface area (Å²) in [5.74, 6) is -0.0463. The summed E-state index contributed by atoms with van der Waals surface area (Å²) < 4.78 is 0. The van der Waals surface area contributed by atoms with E-state index in [-0.39, 0.29) is 12.5 Å². The van der Waals surface area contributed by atoms with E-state index in [0.29, 0.717) is 12.8 Å². The summed E-state index contributed by atoms with van der Waals surface area (Å²) in [6.07, 6.45) is 46.8. The molecule has 0 aromatic heterocycles. The number of hydrogen-bond donors (Lipinski definition) is 3. The predicted octanol–water partition coefficient (Wildman–Crippen LogP) is 12.9. The number of nitrogens with one attached hydrogen (secondary N) is 1. The molecule has 2 atom stereocenters. The molecule has 0 aliphatic rings. The third-order valence-electron chi connectivity index (χ3n) is 10.1. The number of aliphatic hydroxyl groups excluding tert-OH is 2. The van der Waals surface area contributed by atoms with Gasteiger partial charge in [-0.3, -0.25) is 4.79 Å². The van der Waals surface area contributed by atoms with Crippen molar-refractivity contribution >= 4 is 5.91 Å². The minimum absolute atomic E-state index is 0.0463. The van der Waals surface area contributed by atoms with Crippen molar-refractivity contribution in [1.29, 1.82) is 0 Å². The molecule has 0 saturated heterocycles. The fourth-order valence-electron chi connectivity index (χ4n) is 6.83. The van der Waals surface area contributed by atoms with Gasteiger partial charge in [0.1, 0.15) is 0 Å². The van der Waals surface area contributed by atoms with E-state index >= 15 is 0 Å². The van der Waals surface area contributed by atoms with E-state index in [4.69, 9.17) is 0 Å². The van der Waals surface area contributed by atoms with Crippen LogP contribution in [0.2, 0.25) is 0 Å². The van der Waals surface area contributed by atoms with Crippen molar-refractivity contribution in [2.24, 2.45) is 0 Å². The van der Waals surface area contributed by atoms with E-state index in [9.17, 15) is 15.0 Å². The number of carbonyl (C=O) groups excluding carboxylic acids is 1. The molecule has 0 aliphatic heterocycles. The molecule has 0 aromatic rings. The van der Waals surface area contributed by atoms with Crippen molar-refractivity contribution in [3.63, 3.8) is 0 Å². The molecule has 0 spiro atoms. The van der Waals surface area contributed by atoms with Gasteiger partial charge in [0.15, 0.2) is 0 Å². The molecule has 46 heavy (non-hydrogen) atoms. The van der Waals surface area contributed by atoms with E-state index in [1.807, 2.05) is 0 Å². The first-order chi connectivity index (χ1) is 22.7. The van der Waals surface area contributed by atoms with Crippen LogP contribution in [-0.2, 0) is 4.79 Å². The van der Waals surface area contributed by atoms with Crippen LogP contribution in [0, 0.1) is 0 Å². The maximum absolute atomic E-state index is 12.1. The standard InChI is InChI=1S/C42H85NO3/c1-3-5-7-9-10-11-12-13-14-15-16-17-18-19-20-21-22-23-24-25-26-27-28-29-30-31-32-33-34-35-37-41(45)40(39-44)43-42(46)38-36-8-6-4-2/h40-41,44-45H,3-39H2,1-2H3,(H,43,46). The summed E-state index contributed by atoms with van der Waals surface area (Å²) in [5, 5.41) is 22.8. The lowest BCUT2D eigenvalue weighted by Gasteiger charge is -2.22. The third-order valence-corrected chi connectivity index (χ3v) is 10.1. The monoisotopic (exact) mass is 652 g/mol. The number of rotatable bonds is 39. The Labute approximate surface area is 289 Å². The van der Waals surface area contributed by atoms with Gasteiger partial charge in [0.2, 0.25) is 5.91 Å². The van der Waals surface area contributed by atoms with Gasteiger partial charge in [-0.2, -0.15) is 0 Å². The zero-order chi connectivity index (χ0) is 33.6. The van der Waals surface area contributed by atoms with Crippen LogP contribution in [0.3, 0.4) is 0 Å². The molecule has 276 valence electrons.